The fraction of sp³-hybridized carbons (Fsp3) is 0. The van der Waals surface area contributed by atoms with Crippen LogP contribution in [0.2, 0.25) is 0 Å². The first-order valence-corrected chi connectivity index (χ1v) is 5.76. The molecule has 94 valence electrons. The summed E-state index contributed by atoms with van der Waals surface area (Å²) in [5, 5.41) is 3.67. The lowest BCUT2D eigenvalue weighted by molar-refractivity contribution is 0.102. The maximum absolute atomic E-state index is 12.8. The van der Waals surface area contributed by atoms with E-state index in [4.69, 9.17) is 4.42 Å². The minimum atomic E-state index is -0.364. The van der Waals surface area contributed by atoms with Crippen LogP contribution in [0.5, 0.6) is 0 Å². The van der Waals surface area contributed by atoms with Crippen LogP contribution in [0.1, 0.15) is 10.4 Å². The van der Waals surface area contributed by atoms with E-state index in [9.17, 15) is 9.18 Å². The Morgan fingerprint density at radius 2 is 1.84 bits per heavy atom. The highest BCUT2D eigenvalue weighted by molar-refractivity contribution is 6.05. The van der Waals surface area contributed by atoms with Gasteiger partial charge in [0.2, 0.25) is 0 Å². The Bertz CT molecular complexity index is 731. The van der Waals surface area contributed by atoms with Gasteiger partial charge in [0.15, 0.2) is 0 Å². The Balaban J connectivity index is 1.83. The lowest BCUT2D eigenvalue weighted by Gasteiger charge is -2.05. The van der Waals surface area contributed by atoms with Crippen molar-refractivity contribution in [3.8, 4) is 0 Å². The summed E-state index contributed by atoms with van der Waals surface area (Å²) in [7, 11) is 0. The second kappa shape index (κ2) is 4.57. The summed E-state index contributed by atoms with van der Waals surface area (Å²) in [6, 6.07) is 12.6. The Hall–Kier alpha value is -2.62. The number of carbonyl (C=O) groups excluding carboxylic acids is 1. The Morgan fingerprint density at radius 1 is 1.05 bits per heavy atom. The number of hydrogen-bond donors (Lipinski definition) is 1. The van der Waals surface area contributed by atoms with Crippen LogP contribution >= 0.6 is 0 Å². The molecule has 0 atom stereocenters. The van der Waals surface area contributed by atoms with Crippen LogP contribution in [0.4, 0.5) is 10.1 Å². The third-order valence-electron chi connectivity index (χ3n) is 2.82. The van der Waals surface area contributed by atoms with Gasteiger partial charge >= 0.3 is 0 Å². The van der Waals surface area contributed by atoms with E-state index < -0.39 is 0 Å². The largest absolute Gasteiger partial charge is 0.464 e. The summed E-state index contributed by atoms with van der Waals surface area (Å²) in [5.41, 5.74) is 1.84. The van der Waals surface area contributed by atoms with Gasteiger partial charge in [0.25, 0.3) is 5.91 Å². The van der Waals surface area contributed by atoms with Crippen molar-refractivity contribution in [2.45, 2.75) is 0 Å². The summed E-state index contributed by atoms with van der Waals surface area (Å²) in [6.07, 6.45) is 1.59. The van der Waals surface area contributed by atoms with Crippen LogP contribution in [-0.4, -0.2) is 5.91 Å². The zero-order chi connectivity index (χ0) is 13.2. The van der Waals surface area contributed by atoms with E-state index in [2.05, 4.69) is 5.32 Å². The Morgan fingerprint density at radius 3 is 2.63 bits per heavy atom. The molecule has 3 aromatic rings. The van der Waals surface area contributed by atoms with Gasteiger partial charge in [-0.15, -0.1) is 0 Å². The van der Waals surface area contributed by atoms with E-state index in [1.54, 1.807) is 18.4 Å². The molecule has 3 rings (SSSR count). The number of halogens is 1. The van der Waals surface area contributed by atoms with E-state index in [0.29, 0.717) is 11.3 Å². The second-order valence-corrected chi connectivity index (χ2v) is 4.13. The van der Waals surface area contributed by atoms with E-state index in [1.807, 2.05) is 12.1 Å². The minimum absolute atomic E-state index is 0.275. The van der Waals surface area contributed by atoms with Gasteiger partial charge in [0.05, 0.1) is 6.26 Å². The highest BCUT2D eigenvalue weighted by Crippen LogP contribution is 2.20. The van der Waals surface area contributed by atoms with Crippen LogP contribution in [0.15, 0.2) is 59.2 Å². The molecule has 0 aliphatic rings. The van der Waals surface area contributed by atoms with Crippen molar-refractivity contribution in [2.24, 2.45) is 0 Å². The summed E-state index contributed by atoms with van der Waals surface area (Å²) in [6.45, 7) is 0. The van der Waals surface area contributed by atoms with Crippen molar-refractivity contribution < 1.29 is 13.6 Å². The summed E-state index contributed by atoms with van der Waals surface area (Å²) >= 11 is 0. The maximum Gasteiger partial charge on any atom is 0.255 e. The number of amides is 1. The van der Waals surface area contributed by atoms with E-state index >= 15 is 0 Å². The zero-order valence-corrected chi connectivity index (χ0v) is 9.89. The lowest BCUT2D eigenvalue weighted by atomic mass is 10.2. The van der Waals surface area contributed by atoms with E-state index in [1.165, 1.54) is 24.3 Å². The SMILES string of the molecule is O=C(Nc1ccc2occc2c1)c1ccc(F)cc1. The minimum Gasteiger partial charge on any atom is -0.464 e. The molecule has 3 nitrogen and oxygen atoms in total. The number of carbonyl (C=O) groups is 1. The molecule has 0 saturated carbocycles. The second-order valence-electron chi connectivity index (χ2n) is 4.13. The maximum atomic E-state index is 12.8. The highest BCUT2D eigenvalue weighted by atomic mass is 19.1. The van der Waals surface area contributed by atoms with Gasteiger partial charge in [-0.3, -0.25) is 4.79 Å². The van der Waals surface area contributed by atoms with Gasteiger partial charge in [0.1, 0.15) is 11.4 Å². The summed E-state index contributed by atoms with van der Waals surface area (Å²) in [5.74, 6) is -0.640. The fourth-order valence-corrected chi connectivity index (χ4v) is 1.85. The smallest absolute Gasteiger partial charge is 0.255 e. The average molecular weight is 255 g/mol. The van der Waals surface area contributed by atoms with Crippen LogP contribution < -0.4 is 5.32 Å². The number of fused-ring (bicyclic) bond motifs is 1. The summed E-state index contributed by atoms with van der Waals surface area (Å²) in [4.78, 5) is 11.9. The average Bonchev–Trinajstić information content (AvgIpc) is 2.87. The number of furan rings is 1. The van der Waals surface area contributed by atoms with Gasteiger partial charge in [0, 0.05) is 16.6 Å². The molecule has 19 heavy (non-hydrogen) atoms. The Kier molecular flexibility index (Phi) is 2.76. The molecule has 0 bridgehead atoms. The normalized spacial score (nSPS) is 10.6. The van der Waals surface area contributed by atoms with E-state index in [0.717, 1.165) is 11.0 Å². The molecule has 4 heteroatoms. The molecule has 0 saturated heterocycles. The van der Waals surface area contributed by atoms with Crippen molar-refractivity contribution in [2.75, 3.05) is 5.32 Å². The van der Waals surface area contributed by atoms with Crippen molar-refractivity contribution in [1.29, 1.82) is 0 Å². The van der Waals surface area contributed by atoms with Gasteiger partial charge in [-0.2, -0.15) is 0 Å². The van der Waals surface area contributed by atoms with Crippen molar-refractivity contribution in [3.05, 3.63) is 66.2 Å². The zero-order valence-electron chi connectivity index (χ0n) is 9.89. The van der Waals surface area contributed by atoms with Crippen LogP contribution in [0.3, 0.4) is 0 Å². The van der Waals surface area contributed by atoms with Crippen LogP contribution in [-0.2, 0) is 0 Å². The summed E-state index contributed by atoms with van der Waals surface area (Å²) < 4.78 is 18.0. The molecule has 2 aromatic carbocycles. The molecule has 0 radical (unpaired) electrons. The van der Waals surface area contributed by atoms with Crippen molar-refractivity contribution in [1.82, 2.24) is 0 Å². The molecule has 0 aliphatic heterocycles. The molecule has 1 heterocycles. The predicted molar refractivity (Wildman–Crippen MR) is 70.6 cm³/mol. The van der Waals surface area contributed by atoms with Crippen molar-refractivity contribution in [3.63, 3.8) is 0 Å². The highest BCUT2D eigenvalue weighted by Gasteiger charge is 2.07. The van der Waals surface area contributed by atoms with Gasteiger partial charge in [-0.05, 0) is 48.5 Å². The monoisotopic (exact) mass is 255 g/mol. The van der Waals surface area contributed by atoms with Gasteiger partial charge in [-0.25, -0.2) is 4.39 Å². The molecule has 1 N–H and O–H groups in total. The quantitative estimate of drug-likeness (QED) is 0.756. The first-order chi connectivity index (χ1) is 9.22. The number of anilines is 1. The van der Waals surface area contributed by atoms with E-state index in [-0.39, 0.29) is 11.7 Å². The predicted octanol–water partition coefficient (Wildman–Crippen LogP) is 3.82. The molecule has 1 amide bonds. The third-order valence-corrected chi connectivity index (χ3v) is 2.82. The molecular weight excluding hydrogens is 245 g/mol. The Labute approximate surface area is 108 Å². The molecule has 0 fully saturated rings. The van der Waals surface area contributed by atoms with Crippen LogP contribution in [0.25, 0.3) is 11.0 Å². The van der Waals surface area contributed by atoms with Gasteiger partial charge in [-0.1, -0.05) is 0 Å². The number of hydrogen-bond acceptors (Lipinski definition) is 2. The molecule has 1 aromatic heterocycles. The molecule has 0 aliphatic carbocycles. The first-order valence-electron chi connectivity index (χ1n) is 5.76. The number of benzene rings is 2. The third kappa shape index (κ3) is 2.33. The topological polar surface area (TPSA) is 42.2 Å². The number of nitrogens with one attached hydrogen (secondary N) is 1. The molecular formula is C15H10FNO2. The van der Waals surface area contributed by atoms with Crippen molar-refractivity contribution >= 4 is 22.6 Å². The first kappa shape index (κ1) is 11.5. The van der Waals surface area contributed by atoms with Gasteiger partial charge < -0.3 is 9.73 Å². The fourth-order valence-electron chi connectivity index (χ4n) is 1.85. The van der Waals surface area contributed by atoms with Crippen LogP contribution in [0, 0.1) is 5.82 Å². The molecule has 0 spiro atoms. The standard InChI is InChI=1S/C15H10FNO2/c16-12-3-1-10(2-4-12)15(18)17-13-5-6-14-11(9-13)7-8-19-14/h1-9H,(H,17,18). The molecule has 0 unspecified atom stereocenters. The lowest BCUT2D eigenvalue weighted by Crippen LogP contribution is -2.11. The number of rotatable bonds is 2.